The van der Waals surface area contributed by atoms with E-state index < -0.39 is 10.4 Å². The van der Waals surface area contributed by atoms with E-state index >= 15 is 0 Å². The second kappa shape index (κ2) is 10.7. The maximum atomic E-state index is 9.02. The normalized spacial score (nSPS) is 9.74. The Bertz CT molecular complexity index is 408. The smallest absolute Gasteiger partial charge is 0.394 e. The van der Waals surface area contributed by atoms with Crippen molar-refractivity contribution in [3.63, 3.8) is 0 Å². The number of likely N-dealkylation sites (N-methyl/N-ethyl adjacent to an activating group) is 1. The molecule has 0 atom stereocenters. The average Bonchev–Trinajstić information content (AvgIpc) is 2.14. The first-order chi connectivity index (χ1) is 7.68. The van der Waals surface area contributed by atoms with E-state index in [1.54, 1.807) is 12.1 Å². The Hall–Kier alpha value is -1.23. The zero-order valence-electron chi connectivity index (χ0n) is 10.7. The van der Waals surface area contributed by atoms with E-state index in [9.17, 15) is 0 Å². The van der Waals surface area contributed by atoms with Crippen LogP contribution in [0.5, 0.6) is 5.75 Å². The number of phenolic OH excluding ortho intramolecular Hbond substituents is 1. The lowest BCUT2D eigenvalue weighted by Crippen LogP contribution is -2.14. The van der Waals surface area contributed by atoms with Gasteiger partial charge in [0.25, 0.3) is 0 Å². The van der Waals surface area contributed by atoms with Gasteiger partial charge in [0.1, 0.15) is 5.75 Å². The first-order valence-corrected chi connectivity index (χ1v) is 6.20. The van der Waals surface area contributed by atoms with Crippen LogP contribution in [0.4, 0.5) is 0 Å². The van der Waals surface area contributed by atoms with E-state index in [1.807, 2.05) is 12.1 Å². The van der Waals surface area contributed by atoms with Crippen LogP contribution in [0.3, 0.4) is 0 Å². The third-order valence-corrected chi connectivity index (χ3v) is 1.78. The molecule has 1 aromatic carbocycles. The number of benzene rings is 1. The summed E-state index contributed by atoms with van der Waals surface area (Å²) in [6.07, 6.45) is 1.04. The highest BCUT2D eigenvalue weighted by Gasteiger charge is 1.94. The largest absolute Gasteiger partial charge is 0.508 e. The Morgan fingerprint density at radius 3 is 1.74 bits per heavy atom. The molecule has 0 saturated heterocycles. The maximum absolute atomic E-state index is 9.02. The quantitative estimate of drug-likeness (QED) is 0.618. The molecule has 7 N–H and O–H groups in total. The second-order valence-corrected chi connectivity index (χ2v) is 4.56. The SMILES string of the molecule is CN(C)CCc1ccc(O)cc1.O.O.O=S(=O)(O)O. The molecule has 0 heterocycles. The van der Waals surface area contributed by atoms with Crippen molar-refractivity contribution < 1.29 is 33.6 Å². The third kappa shape index (κ3) is 19.3. The van der Waals surface area contributed by atoms with E-state index in [2.05, 4.69) is 19.0 Å². The molecular formula is C10H21NO7S. The van der Waals surface area contributed by atoms with Crippen LogP contribution in [0.1, 0.15) is 5.56 Å². The lowest BCUT2D eigenvalue weighted by molar-refractivity contribution is 0.381. The van der Waals surface area contributed by atoms with Gasteiger partial charge in [0.2, 0.25) is 0 Å². The van der Waals surface area contributed by atoms with E-state index in [4.69, 9.17) is 22.6 Å². The zero-order valence-corrected chi connectivity index (χ0v) is 11.6. The van der Waals surface area contributed by atoms with Crippen molar-refractivity contribution in [1.29, 1.82) is 0 Å². The Labute approximate surface area is 112 Å². The van der Waals surface area contributed by atoms with Gasteiger partial charge in [-0.25, -0.2) is 0 Å². The van der Waals surface area contributed by atoms with Gasteiger partial charge in [0, 0.05) is 6.54 Å². The molecule has 8 nitrogen and oxygen atoms in total. The van der Waals surface area contributed by atoms with Crippen LogP contribution in [0.25, 0.3) is 0 Å². The second-order valence-electron chi connectivity index (χ2n) is 3.67. The van der Waals surface area contributed by atoms with Crippen molar-refractivity contribution in [3.05, 3.63) is 29.8 Å². The zero-order chi connectivity index (χ0) is 13.5. The molecule has 1 rings (SSSR count). The molecule has 0 amide bonds. The van der Waals surface area contributed by atoms with Crippen LogP contribution < -0.4 is 0 Å². The molecule has 0 saturated carbocycles. The van der Waals surface area contributed by atoms with Crippen LogP contribution in [-0.4, -0.2) is 59.1 Å². The molecule has 114 valence electrons. The molecule has 0 aliphatic carbocycles. The van der Waals surface area contributed by atoms with Crippen LogP contribution in [-0.2, 0) is 16.8 Å². The maximum Gasteiger partial charge on any atom is 0.394 e. The lowest BCUT2D eigenvalue weighted by atomic mass is 10.1. The highest BCUT2D eigenvalue weighted by atomic mass is 32.3. The standard InChI is InChI=1S/C10H15NO.H2O4S.2H2O/c1-11(2)8-7-9-3-5-10(12)6-4-9;1-5(2,3)4;;/h3-6,12H,7-8H2,1-2H3;(H2,1,2,3,4);2*1H2. The lowest BCUT2D eigenvalue weighted by Gasteiger charge is -2.08. The molecule has 0 fully saturated rings. The van der Waals surface area contributed by atoms with Crippen LogP contribution in [0.15, 0.2) is 24.3 Å². The average molecular weight is 299 g/mol. The number of rotatable bonds is 3. The first kappa shape index (κ1) is 22.9. The highest BCUT2D eigenvalue weighted by Crippen LogP contribution is 2.09. The summed E-state index contributed by atoms with van der Waals surface area (Å²) < 4.78 is 31.6. The monoisotopic (exact) mass is 299 g/mol. The van der Waals surface area contributed by atoms with Crippen molar-refractivity contribution in [2.24, 2.45) is 0 Å². The summed E-state index contributed by atoms with van der Waals surface area (Å²) in [4.78, 5) is 2.15. The molecule has 0 unspecified atom stereocenters. The number of nitrogens with zero attached hydrogens (tertiary/aromatic N) is 1. The minimum absolute atomic E-state index is 0. The summed E-state index contributed by atoms with van der Waals surface area (Å²) in [6.45, 7) is 1.05. The molecule has 0 bridgehead atoms. The van der Waals surface area contributed by atoms with Crippen molar-refractivity contribution >= 4 is 10.4 Å². The molecular weight excluding hydrogens is 278 g/mol. The van der Waals surface area contributed by atoms with Crippen molar-refractivity contribution in [2.45, 2.75) is 6.42 Å². The topological polar surface area (TPSA) is 161 Å². The van der Waals surface area contributed by atoms with Gasteiger partial charge in [0.15, 0.2) is 0 Å². The summed E-state index contributed by atoms with van der Waals surface area (Å²) in [5.74, 6) is 0.337. The van der Waals surface area contributed by atoms with Crippen molar-refractivity contribution in [1.82, 2.24) is 4.90 Å². The molecule has 0 radical (unpaired) electrons. The molecule has 0 aliphatic rings. The third-order valence-electron chi connectivity index (χ3n) is 1.78. The minimum atomic E-state index is -4.67. The Balaban J connectivity index is -0.000000320. The summed E-state index contributed by atoms with van der Waals surface area (Å²) >= 11 is 0. The van der Waals surface area contributed by atoms with E-state index in [0.717, 1.165) is 13.0 Å². The fourth-order valence-electron chi connectivity index (χ4n) is 1.02. The van der Waals surface area contributed by atoms with Gasteiger partial charge in [0.05, 0.1) is 0 Å². The van der Waals surface area contributed by atoms with Gasteiger partial charge in [-0.2, -0.15) is 8.42 Å². The number of hydrogen-bond donors (Lipinski definition) is 3. The van der Waals surface area contributed by atoms with Gasteiger partial charge < -0.3 is 21.0 Å². The number of aromatic hydroxyl groups is 1. The van der Waals surface area contributed by atoms with Crippen LogP contribution in [0, 0.1) is 0 Å². The minimum Gasteiger partial charge on any atom is -0.508 e. The summed E-state index contributed by atoms with van der Waals surface area (Å²) in [7, 11) is -0.555. The fraction of sp³-hybridized carbons (Fsp3) is 0.400. The van der Waals surface area contributed by atoms with E-state index in [1.165, 1.54) is 5.56 Å². The summed E-state index contributed by atoms with van der Waals surface area (Å²) in [5, 5.41) is 9.02. The predicted molar refractivity (Wildman–Crippen MR) is 71.8 cm³/mol. The summed E-state index contributed by atoms with van der Waals surface area (Å²) in [6, 6.07) is 7.37. The van der Waals surface area contributed by atoms with Gasteiger partial charge in [-0.1, -0.05) is 12.1 Å². The Morgan fingerprint density at radius 1 is 1.05 bits per heavy atom. The van der Waals surface area contributed by atoms with Crippen LogP contribution >= 0.6 is 0 Å². The number of phenols is 1. The summed E-state index contributed by atoms with van der Waals surface area (Å²) in [5.41, 5.74) is 1.27. The first-order valence-electron chi connectivity index (χ1n) is 4.81. The molecule has 0 aliphatic heterocycles. The molecule has 0 aromatic heterocycles. The van der Waals surface area contributed by atoms with Crippen LogP contribution in [0.2, 0.25) is 0 Å². The fourth-order valence-corrected chi connectivity index (χ4v) is 1.02. The van der Waals surface area contributed by atoms with Gasteiger partial charge in [-0.05, 0) is 38.2 Å². The van der Waals surface area contributed by atoms with Gasteiger partial charge >= 0.3 is 10.4 Å². The van der Waals surface area contributed by atoms with E-state index in [-0.39, 0.29) is 11.0 Å². The molecule has 19 heavy (non-hydrogen) atoms. The highest BCUT2D eigenvalue weighted by molar-refractivity contribution is 7.79. The van der Waals surface area contributed by atoms with Gasteiger partial charge in [-0.3, -0.25) is 9.11 Å². The van der Waals surface area contributed by atoms with Crippen molar-refractivity contribution in [2.75, 3.05) is 20.6 Å². The van der Waals surface area contributed by atoms with Gasteiger partial charge in [-0.15, -0.1) is 0 Å². The molecule has 9 heteroatoms. The molecule has 0 spiro atoms. The predicted octanol–water partition coefficient (Wildman–Crippen LogP) is -0.806. The Morgan fingerprint density at radius 2 is 1.42 bits per heavy atom. The number of hydrogen-bond acceptors (Lipinski definition) is 4. The van der Waals surface area contributed by atoms with Crippen molar-refractivity contribution in [3.8, 4) is 5.75 Å². The van der Waals surface area contributed by atoms with E-state index in [0.29, 0.717) is 5.75 Å². The molecule has 1 aromatic rings. The Kier molecular flexibility index (Phi) is 12.9.